The highest BCUT2D eigenvalue weighted by Crippen LogP contribution is 2.20. The molecule has 0 amide bonds. The van der Waals surface area contributed by atoms with Crippen LogP contribution in [0.5, 0.6) is 5.75 Å². The van der Waals surface area contributed by atoms with Crippen molar-refractivity contribution in [2.24, 2.45) is 10.9 Å². The van der Waals surface area contributed by atoms with Crippen molar-refractivity contribution in [3.05, 3.63) is 29.3 Å². The molecule has 2 rings (SSSR count). The van der Waals surface area contributed by atoms with Crippen LogP contribution in [0.4, 0.5) is 0 Å². The quantitative estimate of drug-likeness (QED) is 0.373. The van der Waals surface area contributed by atoms with Gasteiger partial charge in [0, 0.05) is 39.4 Å². The highest BCUT2D eigenvalue weighted by Gasteiger charge is 2.15. The van der Waals surface area contributed by atoms with Crippen LogP contribution >= 0.6 is 0 Å². The van der Waals surface area contributed by atoms with Gasteiger partial charge >= 0.3 is 0 Å². The molecule has 0 saturated carbocycles. The number of ether oxygens (including phenoxy) is 2. The van der Waals surface area contributed by atoms with Crippen molar-refractivity contribution >= 4 is 5.96 Å². The van der Waals surface area contributed by atoms with E-state index in [2.05, 4.69) is 52.6 Å². The lowest BCUT2D eigenvalue weighted by molar-refractivity contribution is 0.145. The summed E-state index contributed by atoms with van der Waals surface area (Å²) in [6, 6.07) is 6.28. The molecule has 2 N–H and O–H groups in total. The minimum absolute atomic E-state index is 0.550. The Hall–Kier alpha value is -1.79. The van der Waals surface area contributed by atoms with Gasteiger partial charge in [0.2, 0.25) is 0 Å². The molecule has 0 bridgehead atoms. The molecule has 0 radical (unpaired) electrons. The lowest BCUT2D eigenvalue weighted by atomic mass is 10.1. The molecule has 1 saturated heterocycles. The molecule has 1 atom stereocenters. The van der Waals surface area contributed by atoms with Gasteiger partial charge in [-0.05, 0) is 50.4 Å². The monoisotopic (exact) mass is 376 g/mol. The third-order valence-electron chi connectivity index (χ3n) is 4.82. The minimum Gasteiger partial charge on any atom is -0.491 e. The number of guanidine groups is 1. The van der Waals surface area contributed by atoms with Crippen LogP contribution in [-0.2, 0) is 11.3 Å². The molecule has 152 valence electrons. The van der Waals surface area contributed by atoms with Crippen LogP contribution in [0.2, 0.25) is 0 Å². The lowest BCUT2D eigenvalue weighted by Gasteiger charge is -2.21. The average Bonchev–Trinajstić information content (AvgIpc) is 3.16. The Kier molecular flexibility index (Phi) is 9.42. The fourth-order valence-corrected chi connectivity index (χ4v) is 3.32. The van der Waals surface area contributed by atoms with Crippen molar-refractivity contribution in [3.63, 3.8) is 0 Å². The molecule has 1 fully saturated rings. The molecule has 0 aromatic heterocycles. The van der Waals surface area contributed by atoms with Gasteiger partial charge in [0.1, 0.15) is 12.4 Å². The Morgan fingerprint density at radius 1 is 1.22 bits per heavy atom. The van der Waals surface area contributed by atoms with E-state index in [4.69, 9.17) is 9.47 Å². The zero-order chi connectivity index (χ0) is 19.5. The van der Waals surface area contributed by atoms with E-state index < -0.39 is 0 Å². The van der Waals surface area contributed by atoms with Crippen molar-refractivity contribution in [2.75, 3.05) is 53.6 Å². The van der Waals surface area contributed by atoms with Gasteiger partial charge in [0.15, 0.2) is 5.96 Å². The summed E-state index contributed by atoms with van der Waals surface area (Å²) in [7, 11) is 3.49. The summed E-state index contributed by atoms with van der Waals surface area (Å²) in [5, 5.41) is 6.85. The third-order valence-corrected chi connectivity index (χ3v) is 4.82. The van der Waals surface area contributed by atoms with Crippen molar-refractivity contribution in [3.8, 4) is 5.75 Å². The first-order valence-corrected chi connectivity index (χ1v) is 10.0. The molecule has 1 aliphatic rings. The highest BCUT2D eigenvalue weighted by molar-refractivity contribution is 5.79. The lowest BCUT2D eigenvalue weighted by Crippen LogP contribution is -2.41. The molecule has 0 spiro atoms. The number of hydrogen-bond donors (Lipinski definition) is 2. The number of likely N-dealkylation sites (tertiary alicyclic amines) is 1. The summed E-state index contributed by atoms with van der Waals surface area (Å²) in [4.78, 5) is 6.90. The predicted octanol–water partition coefficient (Wildman–Crippen LogP) is 2.42. The van der Waals surface area contributed by atoms with Crippen LogP contribution in [0.25, 0.3) is 0 Å². The molecule has 6 heteroatoms. The van der Waals surface area contributed by atoms with Gasteiger partial charge in [-0.3, -0.25) is 4.99 Å². The summed E-state index contributed by atoms with van der Waals surface area (Å²) >= 11 is 0. The average molecular weight is 377 g/mol. The van der Waals surface area contributed by atoms with E-state index in [1.54, 1.807) is 7.11 Å². The summed E-state index contributed by atoms with van der Waals surface area (Å²) in [6.07, 6.45) is 2.68. The molecule has 1 aromatic carbocycles. The first-order chi connectivity index (χ1) is 13.1. The maximum absolute atomic E-state index is 5.87. The van der Waals surface area contributed by atoms with E-state index in [0.29, 0.717) is 25.7 Å². The molecular formula is C21H36N4O2. The van der Waals surface area contributed by atoms with E-state index in [0.717, 1.165) is 30.4 Å². The van der Waals surface area contributed by atoms with E-state index in [1.165, 1.54) is 31.5 Å². The van der Waals surface area contributed by atoms with Crippen LogP contribution in [0, 0.1) is 12.8 Å². The molecule has 1 aromatic rings. The Bertz CT molecular complexity index is 586. The topological polar surface area (TPSA) is 58.1 Å². The second kappa shape index (κ2) is 11.8. The largest absolute Gasteiger partial charge is 0.491 e. The SMILES string of the molecule is CN=C(NCc1ccc(C)cc1OCCOC)NCC(C)CN1CCCC1. The van der Waals surface area contributed by atoms with Crippen LogP contribution in [0.3, 0.4) is 0 Å². The highest BCUT2D eigenvalue weighted by atomic mass is 16.5. The van der Waals surface area contributed by atoms with E-state index in [9.17, 15) is 0 Å². The van der Waals surface area contributed by atoms with Gasteiger partial charge in [0.25, 0.3) is 0 Å². The van der Waals surface area contributed by atoms with Gasteiger partial charge in [-0.1, -0.05) is 19.1 Å². The molecular weight excluding hydrogens is 340 g/mol. The number of aliphatic imine (C=N–C) groups is 1. The van der Waals surface area contributed by atoms with Gasteiger partial charge < -0.3 is 25.0 Å². The molecule has 1 unspecified atom stereocenters. The Balaban J connectivity index is 1.80. The smallest absolute Gasteiger partial charge is 0.191 e. The molecule has 0 aliphatic carbocycles. The van der Waals surface area contributed by atoms with Crippen LogP contribution < -0.4 is 15.4 Å². The summed E-state index contributed by atoms with van der Waals surface area (Å²) < 4.78 is 10.9. The number of nitrogens with zero attached hydrogens (tertiary/aromatic N) is 2. The normalized spacial score (nSPS) is 16.4. The Morgan fingerprint density at radius 2 is 2.00 bits per heavy atom. The van der Waals surface area contributed by atoms with Crippen LogP contribution in [0.1, 0.15) is 30.9 Å². The first kappa shape index (κ1) is 21.5. The standard InChI is InChI=1S/C21H36N4O2/c1-17-7-8-19(20(13-17)27-12-11-26-4)15-24-21(22-3)23-14-18(2)16-25-9-5-6-10-25/h7-8,13,18H,5-6,9-12,14-16H2,1-4H3,(H2,22,23,24). The molecule has 1 aliphatic heterocycles. The maximum atomic E-state index is 5.87. The number of benzene rings is 1. The summed E-state index contributed by atoms with van der Waals surface area (Å²) in [5.74, 6) is 2.32. The number of aryl methyl sites for hydroxylation is 1. The van der Waals surface area contributed by atoms with Gasteiger partial charge in [-0.25, -0.2) is 0 Å². The van der Waals surface area contributed by atoms with E-state index in [-0.39, 0.29) is 0 Å². The molecule has 6 nitrogen and oxygen atoms in total. The van der Waals surface area contributed by atoms with Crippen molar-refractivity contribution in [1.82, 2.24) is 15.5 Å². The number of nitrogens with one attached hydrogen (secondary N) is 2. The second-order valence-electron chi connectivity index (χ2n) is 7.37. The second-order valence-corrected chi connectivity index (χ2v) is 7.37. The zero-order valence-electron chi connectivity index (χ0n) is 17.4. The van der Waals surface area contributed by atoms with Gasteiger partial charge in [-0.15, -0.1) is 0 Å². The molecule has 1 heterocycles. The zero-order valence-corrected chi connectivity index (χ0v) is 17.4. The van der Waals surface area contributed by atoms with E-state index >= 15 is 0 Å². The van der Waals surface area contributed by atoms with Crippen molar-refractivity contribution in [1.29, 1.82) is 0 Å². The first-order valence-electron chi connectivity index (χ1n) is 10.0. The summed E-state index contributed by atoms with van der Waals surface area (Å²) in [5.41, 5.74) is 2.30. The minimum atomic E-state index is 0.550. The Morgan fingerprint density at radius 3 is 2.70 bits per heavy atom. The predicted molar refractivity (Wildman–Crippen MR) is 112 cm³/mol. The van der Waals surface area contributed by atoms with Gasteiger partial charge in [0.05, 0.1) is 6.61 Å². The van der Waals surface area contributed by atoms with Crippen LogP contribution in [0.15, 0.2) is 23.2 Å². The van der Waals surface area contributed by atoms with Crippen molar-refractivity contribution < 1.29 is 9.47 Å². The third kappa shape index (κ3) is 7.77. The fourth-order valence-electron chi connectivity index (χ4n) is 3.32. The Labute approximate surface area is 164 Å². The maximum Gasteiger partial charge on any atom is 0.191 e. The summed E-state index contributed by atoms with van der Waals surface area (Å²) in [6.45, 7) is 10.7. The number of hydrogen-bond acceptors (Lipinski definition) is 4. The van der Waals surface area contributed by atoms with Crippen molar-refractivity contribution in [2.45, 2.75) is 33.2 Å². The van der Waals surface area contributed by atoms with Crippen LogP contribution in [-0.4, -0.2) is 64.4 Å². The molecule has 27 heavy (non-hydrogen) atoms. The van der Waals surface area contributed by atoms with E-state index in [1.807, 2.05) is 7.05 Å². The number of methoxy groups -OCH3 is 1. The fraction of sp³-hybridized carbons (Fsp3) is 0.667. The van der Waals surface area contributed by atoms with Gasteiger partial charge in [-0.2, -0.15) is 0 Å². The number of rotatable bonds is 10.